The number of hydrogen-bond donors (Lipinski definition) is 2. The van der Waals surface area contributed by atoms with Crippen LogP contribution >= 0.6 is 24.0 Å². The van der Waals surface area contributed by atoms with E-state index in [0.29, 0.717) is 10.7 Å². The number of anilines is 1. The van der Waals surface area contributed by atoms with E-state index in [1.807, 2.05) is 32.0 Å². The van der Waals surface area contributed by atoms with Gasteiger partial charge in [-0.1, -0.05) is 17.7 Å². The van der Waals surface area contributed by atoms with Crippen LogP contribution in [0.15, 0.2) is 18.2 Å². The van der Waals surface area contributed by atoms with Gasteiger partial charge in [0.1, 0.15) is 0 Å². The Morgan fingerprint density at radius 1 is 1.47 bits per heavy atom. The van der Waals surface area contributed by atoms with Crippen molar-refractivity contribution in [3.63, 3.8) is 0 Å². The first-order valence-electron chi connectivity index (χ1n) is 6.30. The molecule has 0 saturated carbocycles. The van der Waals surface area contributed by atoms with Gasteiger partial charge in [0, 0.05) is 6.54 Å². The minimum atomic E-state index is -0.342. The minimum absolute atomic E-state index is 0. The molecular formula is C14H20Cl2N2O. The Morgan fingerprint density at radius 2 is 2.21 bits per heavy atom. The van der Waals surface area contributed by atoms with Gasteiger partial charge in [-0.3, -0.25) is 4.79 Å². The normalized spacial score (nSPS) is 22.5. The molecule has 1 amide bonds. The van der Waals surface area contributed by atoms with E-state index in [-0.39, 0.29) is 23.7 Å². The number of rotatable bonds is 2. The average molecular weight is 303 g/mol. The maximum atomic E-state index is 12.3. The molecular weight excluding hydrogens is 283 g/mol. The maximum absolute atomic E-state index is 12.3. The minimum Gasteiger partial charge on any atom is -0.324 e. The molecule has 1 fully saturated rings. The number of carbonyl (C=O) groups excluding carboxylic acids is 1. The smallest absolute Gasteiger partial charge is 0.231 e. The van der Waals surface area contributed by atoms with Gasteiger partial charge in [-0.2, -0.15) is 0 Å². The number of amides is 1. The molecule has 1 aromatic carbocycles. The van der Waals surface area contributed by atoms with Crippen LogP contribution < -0.4 is 10.6 Å². The second-order valence-electron chi connectivity index (χ2n) is 5.28. The number of piperidine rings is 1. The topological polar surface area (TPSA) is 41.1 Å². The van der Waals surface area contributed by atoms with Crippen molar-refractivity contribution in [3.05, 3.63) is 28.8 Å². The van der Waals surface area contributed by atoms with Gasteiger partial charge in [-0.15, -0.1) is 12.4 Å². The van der Waals surface area contributed by atoms with E-state index in [0.717, 1.165) is 31.5 Å². The monoisotopic (exact) mass is 302 g/mol. The lowest BCUT2D eigenvalue weighted by molar-refractivity contribution is -0.125. The quantitative estimate of drug-likeness (QED) is 0.879. The second kappa shape index (κ2) is 6.60. The molecule has 19 heavy (non-hydrogen) atoms. The molecule has 1 atom stereocenters. The van der Waals surface area contributed by atoms with Crippen molar-refractivity contribution in [1.82, 2.24) is 5.32 Å². The molecule has 2 N–H and O–H groups in total. The highest BCUT2D eigenvalue weighted by Crippen LogP contribution is 2.29. The third-order valence-electron chi connectivity index (χ3n) is 3.52. The Hall–Kier alpha value is -0.770. The van der Waals surface area contributed by atoms with Crippen LogP contribution in [0.4, 0.5) is 5.69 Å². The van der Waals surface area contributed by atoms with Crippen molar-refractivity contribution < 1.29 is 4.79 Å². The van der Waals surface area contributed by atoms with E-state index in [4.69, 9.17) is 11.6 Å². The van der Waals surface area contributed by atoms with E-state index >= 15 is 0 Å². The Morgan fingerprint density at radius 3 is 2.84 bits per heavy atom. The van der Waals surface area contributed by atoms with Gasteiger partial charge in [0.05, 0.1) is 16.1 Å². The first-order valence-corrected chi connectivity index (χ1v) is 6.67. The molecule has 0 bridgehead atoms. The highest BCUT2D eigenvalue weighted by molar-refractivity contribution is 6.33. The molecule has 106 valence electrons. The predicted molar refractivity (Wildman–Crippen MR) is 82.3 cm³/mol. The molecule has 0 radical (unpaired) electrons. The molecule has 0 aromatic heterocycles. The van der Waals surface area contributed by atoms with Crippen LogP contribution in [0.1, 0.15) is 25.3 Å². The van der Waals surface area contributed by atoms with Gasteiger partial charge in [0.15, 0.2) is 0 Å². The van der Waals surface area contributed by atoms with E-state index in [1.165, 1.54) is 0 Å². The average Bonchev–Trinajstić information content (AvgIpc) is 2.35. The van der Waals surface area contributed by atoms with Gasteiger partial charge in [0.25, 0.3) is 0 Å². The van der Waals surface area contributed by atoms with E-state index < -0.39 is 0 Å². The summed E-state index contributed by atoms with van der Waals surface area (Å²) in [6, 6.07) is 5.65. The van der Waals surface area contributed by atoms with Gasteiger partial charge >= 0.3 is 0 Å². The summed E-state index contributed by atoms with van der Waals surface area (Å²) in [6.45, 7) is 5.70. The highest BCUT2D eigenvalue weighted by Gasteiger charge is 2.34. The Bertz CT molecular complexity index is 457. The molecule has 1 aliphatic heterocycles. The van der Waals surface area contributed by atoms with Crippen molar-refractivity contribution in [2.45, 2.75) is 26.7 Å². The lowest BCUT2D eigenvalue weighted by atomic mass is 9.82. The molecule has 1 saturated heterocycles. The number of nitrogens with one attached hydrogen (secondary N) is 2. The van der Waals surface area contributed by atoms with Crippen LogP contribution in [-0.2, 0) is 4.79 Å². The fraction of sp³-hybridized carbons (Fsp3) is 0.500. The zero-order valence-electron chi connectivity index (χ0n) is 11.3. The largest absolute Gasteiger partial charge is 0.324 e. The third-order valence-corrected chi connectivity index (χ3v) is 3.85. The summed E-state index contributed by atoms with van der Waals surface area (Å²) < 4.78 is 0. The number of halogens is 2. The van der Waals surface area contributed by atoms with Crippen molar-refractivity contribution in [2.24, 2.45) is 5.41 Å². The zero-order valence-corrected chi connectivity index (χ0v) is 12.8. The van der Waals surface area contributed by atoms with Crippen molar-refractivity contribution in [2.75, 3.05) is 18.4 Å². The van der Waals surface area contributed by atoms with E-state index in [9.17, 15) is 4.79 Å². The van der Waals surface area contributed by atoms with Gasteiger partial charge < -0.3 is 10.6 Å². The van der Waals surface area contributed by atoms with Crippen molar-refractivity contribution >= 4 is 35.6 Å². The lowest BCUT2D eigenvalue weighted by Gasteiger charge is -2.32. The van der Waals surface area contributed by atoms with Crippen LogP contribution in [0.5, 0.6) is 0 Å². The highest BCUT2D eigenvalue weighted by atomic mass is 35.5. The Kier molecular flexibility index (Phi) is 5.65. The molecule has 1 unspecified atom stereocenters. The molecule has 1 aromatic rings. The molecule has 5 heteroatoms. The number of carbonyl (C=O) groups is 1. The summed E-state index contributed by atoms with van der Waals surface area (Å²) in [4.78, 5) is 12.3. The molecule has 0 spiro atoms. The second-order valence-corrected chi connectivity index (χ2v) is 5.69. The number of aryl methyl sites for hydroxylation is 1. The maximum Gasteiger partial charge on any atom is 0.231 e. The van der Waals surface area contributed by atoms with Crippen LogP contribution in [0, 0.1) is 12.3 Å². The van der Waals surface area contributed by atoms with Crippen molar-refractivity contribution in [3.8, 4) is 0 Å². The molecule has 0 aliphatic carbocycles. The number of hydrogen-bond acceptors (Lipinski definition) is 2. The van der Waals surface area contributed by atoms with Crippen molar-refractivity contribution in [1.29, 1.82) is 0 Å². The summed E-state index contributed by atoms with van der Waals surface area (Å²) in [6.07, 6.45) is 1.95. The van der Waals surface area contributed by atoms with E-state index in [1.54, 1.807) is 0 Å². The van der Waals surface area contributed by atoms with Gasteiger partial charge in [-0.25, -0.2) is 0 Å². The summed E-state index contributed by atoms with van der Waals surface area (Å²) in [5.74, 6) is 0.0437. The van der Waals surface area contributed by atoms with Crippen LogP contribution in [0.25, 0.3) is 0 Å². The SMILES string of the molecule is Cc1ccc(Cl)c(NC(=O)C2(C)CCCNC2)c1.Cl. The lowest BCUT2D eigenvalue weighted by Crippen LogP contribution is -2.46. The molecule has 2 rings (SSSR count). The summed E-state index contributed by atoms with van der Waals surface area (Å²) >= 11 is 6.09. The summed E-state index contributed by atoms with van der Waals surface area (Å²) in [5.41, 5.74) is 1.45. The van der Waals surface area contributed by atoms with Crippen LogP contribution in [0.2, 0.25) is 5.02 Å². The first-order chi connectivity index (χ1) is 8.51. The van der Waals surface area contributed by atoms with Crippen LogP contribution in [-0.4, -0.2) is 19.0 Å². The molecule has 1 aliphatic rings. The molecule has 3 nitrogen and oxygen atoms in total. The standard InChI is InChI=1S/C14H19ClN2O.ClH/c1-10-4-5-11(15)12(8-10)17-13(18)14(2)6-3-7-16-9-14;/h4-5,8,16H,3,6-7,9H2,1-2H3,(H,17,18);1H. The Balaban J connectivity index is 0.00000180. The number of benzene rings is 1. The van der Waals surface area contributed by atoms with Crippen LogP contribution in [0.3, 0.4) is 0 Å². The zero-order chi connectivity index (χ0) is 13.2. The third kappa shape index (κ3) is 3.85. The fourth-order valence-corrected chi connectivity index (χ4v) is 2.42. The first kappa shape index (κ1) is 16.3. The fourth-order valence-electron chi connectivity index (χ4n) is 2.26. The predicted octanol–water partition coefficient (Wildman–Crippen LogP) is 3.40. The van der Waals surface area contributed by atoms with Gasteiger partial charge in [-0.05, 0) is 50.9 Å². The summed E-state index contributed by atoms with van der Waals surface area (Å²) in [5, 5.41) is 6.81. The Labute approximate surface area is 125 Å². The van der Waals surface area contributed by atoms with E-state index in [2.05, 4.69) is 10.6 Å². The molecule has 1 heterocycles. The summed E-state index contributed by atoms with van der Waals surface area (Å²) in [7, 11) is 0. The van der Waals surface area contributed by atoms with Gasteiger partial charge in [0.2, 0.25) is 5.91 Å².